The van der Waals surface area contributed by atoms with Gasteiger partial charge in [0, 0.05) is 139 Å². The van der Waals surface area contributed by atoms with Gasteiger partial charge in [0.1, 0.15) is 36.6 Å². The zero-order chi connectivity index (χ0) is 37.0. The second-order valence-electron chi connectivity index (χ2n) is 8.20. The van der Waals surface area contributed by atoms with Gasteiger partial charge in [0.2, 0.25) is 0 Å². The third-order valence-electron chi connectivity index (χ3n) is 3.77. The van der Waals surface area contributed by atoms with E-state index in [1.807, 2.05) is 0 Å². The Bertz CT molecular complexity index is 436. The van der Waals surface area contributed by atoms with E-state index in [2.05, 4.69) is 79.6 Å². The molecule has 1 saturated heterocycles. The molecule has 0 aromatic rings. The number of rotatable bonds is 20. The SMILES string of the molecule is C.COCC(O)CO.COCC(O)CO.COCC(O)COP.COCC(O)COP.COCC(O)COP.C[O-].P.POCC1CO1.[Y].[Y]. The zero-order valence-corrected chi connectivity index (χ0v) is 41.5. The first-order valence-corrected chi connectivity index (χ1v) is 15.2. The van der Waals surface area contributed by atoms with Gasteiger partial charge in [-0.15, -0.1) is 0 Å². The van der Waals surface area contributed by atoms with Crippen LogP contribution in [-0.2, 0) is 112 Å². The minimum atomic E-state index is -0.718. The normalized spacial score (nSPS) is 14.4. The molecule has 50 heavy (non-hydrogen) atoms. The Kier molecular flexibility index (Phi) is 115. The Morgan fingerprint density at radius 2 is 0.760 bits per heavy atom. The fourth-order valence-corrected chi connectivity index (χ4v) is 2.70. The van der Waals surface area contributed by atoms with Gasteiger partial charge in [-0.1, -0.05) is 7.43 Å². The maximum atomic E-state index is 8.79. The Morgan fingerprint density at radius 3 is 0.860 bits per heavy atom. The number of methoxy groups -OCH3 is 5. The molecular weight excluding hydrogens is 921 g/mol. The second kappa shape index (κ2) is 73.7. The first-order valence-electron chi connectivity index (χ1n) is 13.3. The van der Waals surface area contributed by atoms with E-state index >= 15 is 0 Å². The smallest absolute Gasteiger partial charge is 0.105 e. The number of aliphatic hydroxyl groups excluding tert-OH is 7. The van der Waals surface area contributed by atoms with Crippen LogP contribution in [0.1, 0.15) is 7.43 Å². The molecule has 0 aromatic carbocycles. The van der Waals surface area contributed by atoms with Crippen molar-refractivity contribution in [1.82, 2.24) is 0 Å². The van der Waals surface area contributed by atoms with Gasteiger partial charge in [0.25, 0.3) is 0 Å². The summed E-state index contributed by atoms with van der Waals surface area (Å²) in [5.74, 6) is 0. The third-order valence-corrected chi connectivity index (χ3v) is 4.54. The van der Waals surface area contributed by atoms with Crippen LogP contribution in [-0.4, -0.2) is 194 Å². The fourth-order valence-electron chi connectivity index (χ4n) is 1.82. The molecule has 1 heterocycles. The van der Waals surface area contributed by atoms with Gasteiger partial charge in [0.05, 0.1) is 79.3 Å². The predicted molar refractivity (Wildman–Crippen MR) is 200 cm³/mol. The fraction of sp³-hybridized carbons (Fsp3) is 1.00. The number of hydrogen-bond donors (Lipinski definition) is 7. The molecule has 1 aliphatic heterocycles. The van der Waals surface area contributed by atoms with E-state index in [0.717, 1.165) is 20.3 Å². The summed E-state index contributed by atoms with van der Waals surface area (Å²) in [7, 11) is 16.7. The quantitative estimate of drug-likeness (QED) is 0.0481. The van der Waals surface area contributed by atoms with Gasteiger partial charge < -0.3 is 87.4 Å². The zero-order valence-electron chi connectivity index (χ0n) is 29.7. The van der Waals surface area contributed by atoms with E-state index in [1.165, 1.54) is 35.5 Å². The molecule has 0 spiro atoms. The predicted octanol–water partition coefficient (Wildman–Crippen LogP) is -2.77. The van der Waals surface area contributed by atoms with E-state index in [9.17, 15) is 0 Å². The van der Waals surface area contributed by atoms with Gasteiger partial charge in [-0.05, 0) is 0 Å². The molecular formula is C25H70O18P5Y2-. The summed E-state index contributed by atoms with van der Waals surface area (Å²) in [5, 5.41) is 67.8. The van der Waals surface area contributed by atoms with Crippen molar-refractivity contribution in [1.29, 1.82) is 0 Å². The molecule has 2 radical (unpaired) electrons. The molecule has 7 N–H and O–H groups in total. The Morgan fingerprint density at radius 1 is 0.540 bits per heavy atom. The van der Waals surface area contributed by atoms with E-state index < -0.39 is 30.5 Å². The van der Waals surface area contributed by atoms with Crippen LogP contribution < -0.4 is 5.11 Å². The summed E-state index contributed by atoms with van der Waals surface area (Å²) in [4.78, 5) is 0. The van der Waals surface area contributed by atoms with Crippen molar-refractivity contribution >= 4 is 47.8 Å². The molecule has 0 saturated carbocycles. The molecule has 18 nitrogen and oxygen atoms in total. The Balaban J connectivity index is -0.0000000468. The molecule has 310 valence electrons. The van der Waals surface area contributed by atoms with Gasteiger partial charge in [-0.25, -0.2) is 0 Å². The largest absolute Gasteiger partial charge is 0.857 e. The molecule has 0 aromatic heterocycles. The van der Waals surface area contributed by atoms with Crippen LogP contribution in [0.5, 0.6) is 0 Å². The second-order valence-corrected chi connectivity index (χ2v) is 9.53. The monoisotopic (exact) mass is 991 g/mol. The average Bonchev–Trinajstić information content (AvgIpc) is 3.85. The van der Waals surface area contributed by atoms with Crippen molar-refractivity contribution < 1.29 is 153 Å². The number of epoxide rings is 1. The number of ether oxygens (including phenoxy) is 6. The summed E-state index contributed by atoms with van der Waals surface area (Å²) in [6.45, 7) is 3.46. The van der Waals surface area contributed by atoms with E-state index in [0.29, 0.717) is 45.7 Å². The molecule has 1 rings (SSSR count). The van der Waals surface area contributed by atoms with Crippen molar-refractivity contribution in [3.63, 3.8) is 0 Å². The number of hydrogen-bond acceptors (Lipinski definition) is 18. The van der Waals surface area contributed by atoms with Crippen molar-refractivity contribution in [2.75, 3.05) is 122 Å². The molecule has 25 heteroatoms. The summed E-state index contributed by atoms with van der Waals surface area (Å²) >= 11 is 0. The molecule has 11 unspecified atom stereocenters. The van der Waals surface area contributed by atoms with E-state index in [-0.39, 0.29) is 109 Å². The summed E-state index contributed by atoms with van der Waals surface area (Å²) in [5.41, 5.74) is 0. The molecule has 0 amide bonds. The molecule has 1 fully saturated rings. The number of aliphatic hydroxyl groups is 7. The summed E-state index contributed by atoms with van der Waals surface area (Å²) in [6, 6.07) is 0. The maximum absolute atomic E-state index is 8.79. The van der Waals surface area contributed by atoms with E-state index in [4.69, 9.17) is 45.6 Å². The van der Waals surface area contributed by atoms with Gasteiger partial charge >= 0.3 is 0 Å². The standard InChI is InChI=1S/3C4H11O3P.2C4H10O3.C3H7O2P.CH3O.CH4.H3P.2Y/c3*1-6-2-4(5)3-7-8;2*1-7-3-4(6)2-5;6-5-2-3-1-4-3;1-2;;;;/h3*4-5H,2-3,8H2,1H3;2*4-6H,2-3H2,1H3;3H,1-2,6H2;1H3;1H4;1H3;;/q;;;;;;-1;;;;. The molecule has 0 bridgehead atoms. The Labute approximate surface area is 363 Å². The molecule has 0 aliphatic carbocycles. The minimum Gasteiger partial charge on any atom is -0.857 e. The van der Waals surface area contributed by atoms with Crippen LogP contribution in [0, 0.1) is 0 Å². The van der Waals surface area contributed by atoms with Crippen molar-refractivity contribution in [3.8, 4) is 0 Å². The van der Waals surface area contributed by atoms with Crippen molar-refractivity contribution in [2.45, 2.75) is 44.1 Å². The summed E-state index contributed by atoms with van der Waals surface area (Å²) < 4.78 is 45.9. The van der Waals surface area contributed by atoms with Gasteiger partial charge in [-0.2, -0.15) is 17.0 Å². The Hall–Kier alpha value is 3.64. The van der Waals surface area contributed by atoms with Crippen LogP contribution in [0.2, 0.25) is 0 Å². The van der Waals surface area contributed by atoms with Crippen LogP contribution in [0.3, 0.4) is 0 Å². The van der Waals surface area contributed by atoms with Gasteiger partial charge in [-0.3, -0.25) is 0 Å². The summed E-state index contributed by atoms with van der Waals surface area (Å²) in [6.07, 6.45) is -2.54. The van der Waals surface area contributed by atoms with Crippen LogP contribution in [0.4, 0.5) is 0 Å². The van der Waals surface area contributed by atoms with Gasteiger partial charge in [0.15, 0.2) is 0 Å². The van der Waals surface area contributed by atoms with Crippen LogP contribution >= 0.6 is 47.8 Å². The maximum Gasteiger partial charge on any atom is 0.105 e. The van der Waals surface area contributed by atoms with Crippen LogP contribution in [0.15, 0.2) is 0 Å². The third kappa shape index (κ3) is 93.5. The molecule has 11 atom stereocenters. The minimum absolute atomic E-state index is 0. The first kappa shape index (κ1) is 78.0. The topological polar surface area (TPSA) is 260 Å². The van der Waals surface area contributed by atoms with Crippen LogP contribution in [0.25, 0.3) is 0 Å². The first-order chi connectivity index (χ1) is 22.0. The van der Waals surface area contributed by atoms with Crippen molar-refractivity contribution in [2.24, 2.45) is 0 Å². The van der Waals surface area contributed by atoms with E-state index in [1.54, 1.807) is 0 Å². The average molecular weight is 991 g/mol. The van der Waals surface area contributed by atoms with Crippen molar-refractivity contribution in [3.05, 3.63) is 0 Å². The molecule has 1 aliphatic rings.